The minimum atomic E-state index is -0.403. The second-order valence-electron chi connectivity index (χ2n) is 10.6. The first-order chi connectivity index (χ1) is 21.3. The Morgan fingerprint density at radius 1 is 0.512 bits per heavy atom. The smallest absolute Gasteiger partial charge is 0.136 e. The van der Waals surface area contributed by atoms with E-state index in [1.807, 2.05) is 66.7 Å². The number of aliphatic imine (C=N–C) groups is 2. The van der Waals surface area contributed by atoms with Gasteiger partial charge in [0.25, 0.3) is 0 Å². The normalized spacial score (nSPS) is 14.7. The summed E-state index contributed by atoms with van der Waals surface area (Å²) in [6, 6.07) is 51.9. The Bertz CT molecular complexity index is 2150. The van der Waals surface area contributed by atoms with Gasteiger partial charge in [0.15, 0.2) is 0 Å². The summed E-state index contributed by atoms with van der Waals surface area (Å²) in [5.41, 5.74) is 9.03. The van der Waals surface area contributed by atoms with Crippen LogP contribution in [0.5, 0.6) is 0 Å². The van der Waals surface area contributed by atoms with E-state index in [1.165, 1.54) is 5.56 Å². The van der Waals surface area contributed by atoms with E-state index in [2.05, 4.69) is 84.9 Å². The molecule has 1 atom stereocenters. The Hall–Kier alpha value is -5.74. The third-order valence-electron chi connectivity index (χ3n) is 7.85. The third kappa shape index (κ3) is 4.69. The van der Waals surface area contributed by atoms with Crippen LogP contribution < -0.4 is 0 Å². The Morgan fingerprint density at radius 3 is 1.95 bits per heavy atom. The van der Waals surface area contributed by atoms with Crippen LogP contribution in [0.15, 0.2) is 166 Å². The van der Waals surface area contributed by atoms with Gasteiger partial charge in [0, 0.05) is 10.8 Å². The van der Waals surface area contributed by atoms with Crippen LogP contribution in [0.3, 0.4) is 0 Å². The molecule has 1 aliphatic rings. The molecule has 0 spiro atoms. The molecular formula is C39H26N3O-. The summed E-state index contributed by atoms with van der Waals surface area (Å²) in [4.78, 5) is 9.98. The zero-order valence-electron chi connectivity index (χ0n) is 23.3. The highest BCUT2D eigenvalue weighted by Gasteiger charge is 2.18. The van der Waals surface area contributed by atoms with Crippen molar-refractivity contribution in [2.75, 3.05) is 0 Å². The van der Waals surface area contributed by atoms with Gasteiger partial charge in [-0.15, -0.1) is 0 Å². The summed E-state index contributed by atoms with van der Waals surface area (Å²) in [5.74, 6) is 1.29. The molecule has 2 heterocycles. The molecule has 0 saturated carbocycles. The molecule has 1 aliphatic heterocycles. The van der Waals surface area contributed by atoms with E-state index in [-0.39, 0.29) is 0 Å². The van der Waals surface area contributed by atoms with Gasteiger partial charge in [0.05, 0.1) is 12.0 Å². The number of hydrogen-bond acceptors (Lipinski definition) is 3. The monoisotopic (exact) mass is 552 g/mol. The zero-order chi connectivity index (χ0) is 28.6. The second-order valence-corrected chi connectivity index (χ2v) is 10.6. The number of fused-ring (bicyclic) bond motifs is 3. The van der Waals surface area contributed by atoms with E-state index in [9.17, 15) is 0 Å². The van der Waals surface area contributed by atoms with Gasteiger partial charge in [0.1, 0.15) is 11.2 Å². The van der Waals surface area contributed by atoms with Crippen LogP contribution >= 0.6 is 0 Å². The molecule has 6 aromatic carbocycles. The molecule has 0 saturated heterocycles. The number of benzene rings is 6. The van der Waals surface area contributed by atoms with Gasteiger partial charge in [0.2, 0.25) is 0 Å². The van der Waals surface area contributed by atoms with Crippen molar-refractivity contribution < 1.29 is 4.42 Å². The molecular weight excluding hydrogens is 526 g/mol. The number of furan rings is 1. The van der Waals surface area contributed by atoms with Crippen LogP contribution in [-0.2, 0) is 0 Å². The molecule has 0 amide bonds. The van der Waals surface area contributed by atoms with Crippen LogP contribution in [0.25, 0.3) is 49.5 Å². The summed E-state index contributed by atoms with van der Waals surface area (Å²) >= 11 is 0. The maximum absolute atomic E-state index is 6.46. The van der Waals surface area contributed by atoms with Crippen molar-refractivity contribution in [2.24, 2.45) is 9.98 Å². The fourth-order valence-corrected chi connectivity index (χ4v) is 5.77. The highest BCUT2D eigenvalue weighted by atomic mass is 16.3. The minimum absolute atomic E-state index is 0.403. The first-order valence-corrected chi connectivity index (χ1v) is 14.4. The van der Waals surface area contributed by atoms with Crippen LogP contribution in [0, 0.1) is 0 Å². The van der Waals surface area contributed by atoms with E-state index in [4.69, 9.17) is 19.7 Å². The maximum Gasteiger partial charge on any atom is 0.136 e. The number of nitrogens with zero attached hydrogens (tertiary/aromatic N) is 3. The van der Waals surface area contributed by atoms with Crippen LogP contribution in [0.2, 0.25) is 0 Å². The number of para-hydroxylation sites is 1. The maximum atomic E-state index is 6.46. The van der Waals surface area contributed by atoms with Crippen molar-refractivity contribution in [2.45, 2.75) is 6.17 Å². The van der Waals surface area contributed by atoms with Crippen molar-refractivity contribution in [3.05, 3.63) is 174 Å². The van der Waals surface area contributed by atoms with Gasteiger partial charge in [-0.2, -0.15) is 0 Å². The molecule has 0 radical (unpaired) electrons. The number of hydrogen-bond donors (Lipinski definition) is 0. The number of rotatable bonds is 5. The summed E-state index contributed by atoms with van der Waals surface area (Å²) in [7, 11) is 0. The van der Waals surface area contributed by atoms with E-state index >= 15 is 0 Å². The Morgan fingerprint density at radius 2 is 1.16 bits per heavy atom. The predicted octanol–water partition coefficient (Wildman–Crippen LogP) is 10.2. The van der Waals surface area contributed by atoms with Crippen molar-refractivity contribution in [3.63, 3.8) is 0 Å². The standard InChI is InChI=1S/C39H26N3O/c1-4-13-26(14-5-1)29-19-12-20-30(23-29)33-24-31(25-35-36(33)32-21-10-11-22-34(32)43-35)39-41-37(27-15-6-2-7-16-27)40-38(42-39)28-17-8-3-9-18-28/h1-25,37H/q-1. The van der Waals surface area contributed by atoms with Crippen LogP contribution in [-0.4, -0.2) is 11.7 Å². The minimum Gasteiger partial charge on any atom is -0.456 e. The molecule has 4 nitrogen and oxygen atoms in total. The second kappa shape index (κ2) is 10.6. The largest absolute Gasteiger partial charge is 0.456 e. The lowest BCUT2D eigenvalue weighted by molar-refractivity contribution is 0.669. The molecule has 204 valence electrons. The molecule has 43 heavy (non-hydrogen) atoms. The van der Waals surface area contributed by atoms with E-state index in [0.717, 1.165) is 55.3 Å². The highest BCUT2D eigenvalue weighted by molar-refractivity contribution is 6.22. The molecule has 8 rings (SSSR count). The molecule has 0 N–H and O–H groups in total. The molecule has 0 aliphatic carbocycles. The fraction of sp³-hybridized carbons (Fsp3) is 0.0256. The van der Waals surface area contributed by atoms with E-state index in [0.29, 0.717) is 11.7 Å². The Kier molecular flexibility index (Phi) is 6.16. The van der Waals surface area contributed by atoms with Crippen LogP contribution in [0.1, 0.15) is 22.9 Å². The van der Waals surface area contributed by atoms with E-state index < -0.39 is 6.17 Å². The third-order valence-corrected chi connectivity index (χ3v) is 7.85. The molecule has 1 aromatic heterocycles. The summed E-state index contributed by atoms with van der Waals surface area (Å²) < 4.78 is 6.46. The summed E-state index contributed by atoms with van der Waals surface area (Å²) in [5, 5.41) is 7.24. The van der Waals surface area contributed by atoms with Gasteiger partial charge in [-0.05, 0) is 63.2 Å². The average molecular weight is 553 g/mol. The van der Waals surface area contributed by atoms with Crippen LogP contribution in [0.4, 0.5) is 0 Å². The average Bonchev–Trinajstić information content (AvgIpc) is 3.47. The fourth-order valence-electron chi connectivity index (χ4n) is 5.77. The summed E-state index contributed by atoms with van der Waals surface area (Å²) in [6.07, 6.45) is -0.403. The lowest BCUT2D eigenvalue weighted by Gasteiger charge is -2.32. The first-order valence-electron chi connectivity index (χ1n) is 14.4. The first kappa shape index (κ1) is 25.0. The molecule has 1 unspecified atom stereocenters. The lowest BCUT2D eigenvalue weighted by Crippen LogP contribution is -2.16. The van der Waals surface area contributed by atoms with Crippen molar-refractivity contribution in [1.82, 2.24) is 0 Å². The molecule has 7 aromatic rings. The van der Waals surface area contributed by atoms with Gasteiger partial charge >= 0.3 is 0 Å². The van der Waals surface area contributed by atoms with Crippen molar-refractivity contribution in [1.29, 1.82) is 0 Å². The number of amidine groups is 2. The predicted molar refractivity (Wildman–Crippen MR) is 177 cm³/mol. The van der Waals surface area contributed by atoms with Gasteiger partial charge in [-0.1, -0.05) is 133 Å². The van der Waals surface area contributed by atoms with Gasteiger partial charge < -0.3 is 14.7 Å². The SMILES string of the molecule is c1ccc(C2=NC(c3ccccc3)[N-]C(c3cc(-c4cccc(-c5ccccc5)c4)c4c(c3)oc3ccccc34)=N2)cc1. The highest BCUT2D eigenvalue weighted by Crippen LogP contribution is 2.40. The van der Waals surface area contributed by atoms with Crippen molar-refractivity contribution in [3.8, 4) is 22.3 Å². The molecule has 4 heteroatoms. The lowest BCUT2D eigenvalue weighted by atomic mass is 9.94. The zero-order valence-corrected chi connectivity index (χ0v) is 23.3. The Balaban J connectivity index is 1.33. The van der Waals surface area contributed by atoms with Gasteiger partial charge in [-0.3, -0.25) is 4.99 Å². The molecule has 0 fully saturated rings. The quantitative estimate of drug-likeness (QED) is 0.210. The molecule has 0 bridgehead atoms. The summed E-state index contributed by atoms with van der Waals surface area (Å²) in [6.45, 7) is 0. The van der Waals surface area contributed by atoms with Gasteiger partial charge in [-0.25, -0.2) is 0 Å². The van der Waals surface area contributed by atoms with E-state index in [1.54, 1.807) is 0 Å². The van der Waals surface area contributed by atoms with Crippen molar-refractivity contribution >= 4 is 33.6 Å². The Labute approximate surface area is 249 Å². The topological polar surface area (TPSA) is 52.0 Å².